The second-order valence-corrected chi connectivity index (χ2v) is 5.77. The number of hydrogen-bond acceptors (Lipinski definition) is 4. The quantitative estimate of drug-likeness (QED) is 0.322. The molecule has 0 bridgehead atoms. The van der Waals surface area contributed by atoms with Crippen LogP contribution in [0.5, 0.6) is 0 Å². The largest absolute Gasteiger partial charge is 0.466 e. The van der Waals surface area contributed by atoms with Gasteiger partial charge in [0.25, 0.3) is 0 Å². The molecule has 130 valence electrons. The van der Waals surface area contributed by atoms with Crippen LogP contribution < -0.4 is 0 Å². The van der Waals surface area contributed by atoms with Crippen LogP contribution in [0.4, 0.5) is 0 Å². The van der Waals surface area contributed by atoms with Crippen molar-refractivity contribution in [2.45, 2.75) is 90.9 Å². The monoisotopic (exact) mass is 314 g/mol. The normalized spacial score (nSPS) is 10.5. The maximum absolute atomic E-state index is 11.5. The van der Waals surface area contributed by atoms with E-state index in [1.165, 1.54) is 32.1 Å². The lowest BCUT2D eigenvalue weighted by atomic mass is 10.1. The average Bonchev–Trinajstić information content (AvgIpc) is 2.52. The van der Waals surface area contributed by atoms with E-state index in [0.29, 0.717) is 13.2 Å². The maximum Gasteiger partial charge on any atom is 0.306 e. The van der Waals surface area contributed by atoms with Crippen molar-refractivity contribution in [3.63, 3.8) is 0 Å². The fourth-order valence-corrected chi connectivity index (χ4v) is 2.13. The first-order valence-corrected chi connectivity index (χ1v) is 9.02. The molecule has 0 aliphatic carbocycles. The number of unbranched alkanes of at least 4 members (excludes halogenated alkanes) is 8. The van der Waals surface area contributed by atoms with E-state index in [0.717, 1.165) is 32.1 Å². The summed E-state index contributed by atoms with van der Waals surface area (Å²) in [6, 6.07) is 0. The zero-order valence-corrected chi connectivity index (χ0v) is 14.5. The first kappa shape index (κ1) is 20.9. The minimum absolute atomic E-state index is 0.127. The van der Waals surface area contributed by atoms with Crippen LogP contribution in [0.3, 0.4) is 0 Å². The van der Waals surface area contributed by atoms with E-state index < -0.39 is 0 Å². The number of ether oxygens (including phenoxy) is 2. The third-order valence-corrected chi connectivity index (χ3v) is 3.56. The van der Waals surface area contributed by atoms with Crippen LogP contribution in [0.2, 0.25) is 0 Å². The van der Waals surface area contributed by atoms with Gasteiger partial charge < -0.3 is 9.47 Å². The second kappa shape index (κ2) is 16.3. The zero-order valence-electron chi connectivity index (χ0n) is 14.5. The average molecular weight is 314 g/mol. The van der Waals surface area contributed by atoms with Crippen LogP contribution in [0.1, 0.15) is 90.9 Å². The maximum atomic E-state index is 11.5. The van der Waals surface area contributed by atoms with Crippen LogP contribution in [-0.2, 0) is 19.1 Å². The summed E-state index contributed by atoms with van der Waals surface area (Å²) in [4.78, 5) is 22.8. The van der Waals surface area contributed by atoms with Crippen molar-refractivity contribution in [2.24, 2.45) is 0 Å². The van der Waals surface area contributed by atoms with E-state index in [4.69, 9.17) is 9.47 Å². The van der Waals surface area contributed by atoms with E-state index in [9.17, 15) is 9.59 Å². The fourth-order valence-electron chi connectivity index (χ4n) is 2.13. The molecule has 0 radical (unpaired) electrons. The van der Waals surface area contributed by atoms with Crippen molar-refractivity contribution in [1.29, 1.82) is 0 Å². The summed E-state index contributed by atoms with van der Waals surface area (Å²) in [6.45, 7) is 5.24. The highest BCUT2D eigenvalue weighted by molar-refractivity contribution is 5.77. The summed E-state index contributed by atoms with van der Waals surface area (Å²) in [5.41, 5.74) is 0. The predicted molar refractivity (Wildman–Crippen MR) is 88.7 cm³/mol. The molecule has 0 aromatic carbocycles. The SMILES string of the molecule is CCCCCCCCCOC(=O)CCC(=O)OCCCCC. The molecule has 0 atom stereocenters. The molecule has 0 unspecified atom stereocenters. The lowest BCUT2D eigenvalue weighted by Gasteiger charge is -2.06. The van der Waals surface area contributed by atoms with Crippen molar-refractivity contribution < 1.29 is 19.1 Å². The standard InChI is InChI=1S/C18H34O4/c1-3-5-7-8-9-10-12-16-22-18(20)14-13-17(19)21-15-11-6-4-2/h3-16H2,1-2H3. The van der Waals surface area contributed by atoms with Gasteiger partial charge in [0.1, 0.15) is 0 Å². The predicted octanol–water partition coefficient (Wildman–Crippen LogP) is 4.79. The van der Waals surface area contributed by atoms with Crippen LogP contribution in [0.25, 0.3) is 0 Å². The van der Waals surface area contributed by atoms with Gasteiger partial charge in [0.05, 0.1) is 26.1 Å². The first-order valence-electron chi connectivity index (χ1n) is 9.02. The minimum atomic E-state index is -0.302. The number of esters is 2. The Hall–Kier alpha value is -1.06. The lowest BCUT2D eigenvalue weighted by Crippen LogP contribution is -2.11. The third kappa shape index (κ3) is 15.3. The summed E-state index contributed by atoms with van der Waals surface area (Å²) < 4.78 is 10.2. The highest BCUT2D eigenvalue weighted by atomic mass is 16.5. The molecule has 0 aromatic heterocycles. The van der Waals surface area contributed by atoms with Crippen molar-refractivity contribution in [3.05, 3.63) is 0 Å². The molecule has 4 nitrogen and oxygen atoms in total. The molecule has 0 aliphatic heterocycles. The van der Waals surface area contributed by atoms with Gasteiger partial charge >= 0.3 is 11.9 Å². The number of rotatable bonds is 15. The lowest BCUT2D eigenvalue weighted by molar-refractivity contribution is -0.150. The van der Waals surface area contributed by atoms with Crippen LogP contribution in [0, 0.1) is 0 Å². The Labute approximate surface area is 135 Å². The summed E-state index contributed by atoms with van der Waals surface area (Å²) in [7, 11) is 0. The van der Waals surface area contributed by atoms with Crippen molar-refractivity contribution in [1.82, 2.24) is 0 Å². The van der Waals surface area contributed by atoms with Gasteiger partial charge in [-0.25, -0.2) is 0 Å². The van der Waals surface area contributed by atoms with E-state index in [1.807, 2.05) is 0 Å². The number of hydrogen-bond donors (Lipinski definition) is 0. The number of carbonyl (C=O) groups excluding carboxylic acids is 2. The topological polar surface area (TPSA) is 52.6 Å². The molecule has 0 saturated carbocycles. The Bertz CT molecular complexity index is 276. The summed E-state index contributed by atoms with van der Waals surface area (Å²) >= 11 is 0. The van der Waals surface area contributed by atoms with Crippen LogP contribution >= 0.6 is 0 Å². The fraction of sp³-hybridized carbons (Fsp3) is 0.889. The zero-order chi connectivity index (χ0) is 16.5. The van der Waals surface area contributed by atoms with Gasteiger partial charge in [-0.2, -0.15) is 0 Å². The molecule has 0 rings (SSSR count). The summed E-state index contributed by atoms with van der Waals surface area (Å²) in [5.74, 6) is -0.597. The molecular formula is C18H34O4. The van der Waals surface area contributed by atoms with Gasteiger partial charge in [-0.15, -0.1) is 0 Å². The van der Waals surface area contributed by atoms with Gasteiger partial charge in [0, 0.05) is 0 Å². The van der Waals surface area contributed by atoms with Crippen molar-refractivity contribution >= 4 is 11.9 Å². The molecule has 0 saturated heterocycles. The highest BCUT2D eigenvalue weighted by Crippen LogP contribution is 2.07. The van der Waals surface area contributed by atoms with Gasteiger partial charge in [0.2, 0.25) is 0 Å². The van der Waals surface area contributed by atoms with Crippen LogP contribution in [-0.4, -0.2) is 25.2 Å². The third-order valence-electron chi connectivity index (χ3n) is 3.56. The second-order valence-electron chi connectivity index (χ2n) is 5.77. The molecule has 0 fully saturated rings. The molecule has 0 aliphatic rings. The molecule has 0 spiro atoms. The van der Waals surface area contributed by atoms with Crippen molar-refractivity contribution in [3.8, 4) is 0 Å². The smallest absolute Gasteiger partial charge is 0.306 e. The molecule has 0 aromatic rings. The Morgan fingerprint density at radius 3 is 1.45 bits per heavy atom. The van der Waals surface area contributed by atoms with Gasteiger partial charge in [0.15, 0.2) is 0 Å². The molecule has 0 amide bonds. The number of carbonyl (C=O) groups is 2. The molecule has 0 N–H and O–H groups in total. The van der Waals surface area contributed by atoms with E-state index >= 15 is 0 Å². The molecular weight excluding hydrogens is 280 g/mol. The van der Waals surface area contributed by atoms with E-state index in [-0.39, 0.29) is 24.8 Å². The highest BCUT2D eigenvalue weighted by Gasteiger charge is 2.08. The van der Waals surface area contributed by atoms with Crippen molar-refractivity contribution in [2.75, 3.05) is 13.2 Å². The Kier molecular flexibility index (Phi) is 15.5. The summed E-state index contributed by atoms with van der Waals surface area (Å²) in [5, 5.41) is 0. The Morgan fingerprint density at radius 2 is 0.955 bits per heavy atom. The van der Waals surface area contributed by atoms with E-state index in [1.54, 1.807) is 0 Å². The molecule has 22 heavy (non-hydrogen) atoms. The first-order chi connectivity index (χ1) is 10.7. The van der Waals surface area contributed by atoms with Gasteiger partial charge in [-0.05, 0) is 12.8 Å². The molecule has 4 heteroatoms. The Morgan fingerprint density at radius 1 is 0.591 bits per heavy atom. The van der Waals surface area contributed by atoms with Gasteiger partial charge in [-0.1, -0.05) is 65.2 Å². The van der Waals surface area contributed by atoms with E-state index in [2.05, 4.69) is 13.8 Å². The molecule has 0 heterocycles. The van der Waals surface area contributed by atoms with Crippen LogP contribution in [0.15, 0.2) is 0 Å². The van der Waals surface area contributed by atoms with Gasteiger partial charge in [-0.3, -0.25) is 9.59 Å². The Balaban J connectivity index is 3.33. The summed E-state index contributed by atoms with van der Waals surface area (Å²) in [6.07, 6.45) is 11.7. The minimum Gasteiger partial charge on any atom is -0.466 e.